The van der Waals surface area contributed by atoms with Crippen molar-refractivity contribution in [3.8, 4) is 0 Å². The van der Waals surface area contributed by atoms with E-state index in [1.165, 1.54) is 18.2 Å². The molecule has 0 unspecified atom stereocenters. The van der Waals surface area contributed by atoms with Crippen LogP contribution in [0.2, 0.25) is 5.02 Å². The Balaban J connectivity index is 1.91. The summed E-state index contributed by atoms with van der Waals surface area (Å²) in [6.07, 6.45) is 1.91. The second-order valence-corrected chi connectivity index (χ2v) is 8.37. The van der Waals surface area contributed by atoms with Crippen LogP contribution >= 0.6 is 11.6 Å². The molecule has 0 aliphatic heterocycles. The molecule has 1 saturated carbocycles. The van der Waals surface area contributed by atoms with Crippen molar-refractivity contribution >= 4 is 33.2 Å². The predicted octanol–water partition coefficient (Wildman–Crippen LogP) is 3.65. The quantitative estimate of drug-likeness (QED) is 0.833. The van der Waals surface area contributed by atoms with Gasteiger partial charge < -0.3 is 5.32 Å². The summed E-state index contributed by atoms with van der Waals surface area (Å²) < 4.78 is 28.0. The van der Waals surface area contributed by atoms with Crippen molar-refractivity contribution in [1.29, 1.82) is 0 Å². The van der Waals surface area contributed by atoms with Gasteiger partial charge in [-0.3, -0.25) is 9.52 Å². The van der Waals surface area contributed by atoms with Crippen molar-refractivity contribution in [2.45, 2.75) is 37.6 Å². The summed E-state index contributed by atoms with van der Waals surface area (Å²) in [5.41, 5.74) is 2.60. The number of sulfonamides is 1. The lowest BCUT2D eigenvalue weighted by molar-refractivity contribution is 0.0951. The molecule has 7 heteroatoms. The minimum Gasteiger partial charge on any atom is -0.349 e. The van der Waals surface area contributed by atoms with E-state index in [2.05, 4.69) is 10.0 Å². The number of hydrogen-bond acceptors (Lipinski definition) is 3. The molecule has 1 aliphatic carbocycles. The molecule has 2 N–H and O–H groups in total. The fraction of sp³-hybridized carbons (Fsp3) is 0.278. The molecular weight excluding hydrogens is 360 g/mol. The van der Waals surface area contributed by atoms with Gasteiger partial charge in [-0.15, -0.1) is 0 Å². The highest BCUT2D eigenvalue weighted by atomic mass is 35.5. The molecule has 0 bridgehead atoms. The minimum absolute atomic E-state index is 0.0697. The van der Waals surface area contributed by atoms with Crippen molar-refractivity contribution in [2.24, 2.45) is 0 Å². The lowest BCUT2D eigenvalue weighted by atomic mass is 10.1. The average molecular weight is 379 g/mol. The van der Waals surface area contributed by atoms with Gasteiger partial charge in [0.25, 0.3) is 15.9 Å². The smallest absolute Gasteiger partial charge is 0.263 e. The number of nitrogens with one attached hydrogen (secondary N) is 2. The van der Waals surface area contributed by atoms with Crippen LogP contribution in [0.3, 0.4) is 0 Å². The summed E-state index contributed by atoms with van der Waals surface area (Å²) in [7, 11) is -3.91. The van der Waals surface area contributed by atoms with Crippen LogP contribution in [-0.4, -0.2) is 20.4 Å². The van der Waals surface area contributed by atoms with Gasteiger partial charge in [-0.05, 0) is 56.5 Å². The maximum atomic E-state index is 12.7. The van der Waals surface area contributed by atoms with E-state index < -0.39 is 10.0 Å². The second kappa shape index (κ2) is 6.69. The first-order valence-electron chi connectivity index (χ1n) is 7.97. The summed E-state index contributed by atoms with van der Waals surface area (Å²) in [6, 6.07) is 9.88. The van der Waals surface area contributed by atoms with Crippen molar-refractivity contribution in [1.82, 2.24) is 5.32 Å². The molecule has 2 aromatic rings. The van der Waals surface area contributed by atoms with Gasteiger partial charge in [0, 0.05) is 11.6 Å². The number of rotatable bonds is 5. The highest BCUT2D eigenvalue weighted by molar-refractivity contribution is 7.92. The largest absolute Gasteiger partial charge is 0.349 e. The van der Waals surface area contributed by atoms with Gasteiger partial charge in [-0.2, -0.15) is 0 Å². The Bertz CT molecular complexity index is 937. The zero-order valence-corrected chi connectivity index (χ0v) is 15.5. The normalized spacial score (nSPS) is 14.2. The van der Waals surface area contributed by atoms with Crippen LogP contribution in [0.4, 0.5) is 5.69 Å². The number of hydrogen-bond donors (Lipinski definition) is 2. The van der Waals surface area contributed by atoms with Gasteiger partial charge in [0.05, 0.1) is 10.7 Å². The van der Waals surface area contributed by atoms with Gasteiger partial charge >= 0.3 is 0 Å². The molecular formula is C18H19ClN2O3S. The molecule has 132 valence electrons. The summed E-state index contributed by atoms with van der Waals surface area (Å²) in [5, 5.41) is 2.91. The Kier molecular flexibility index (Phi) is 4.75. The molecule has 1 amide bonds. The number of halogens is 1. The Morgan fingerprint density at radius 2 is 1.84 bits per heavy atom. The van der Waals surface area contributed by atoms with Crippen molar-refractivity contribution in [3.63, 3.8) is 0 Å². The minimum atomic E-state index is -3.91. The first-order chi connectivity index (χ1) is 11.8. The molecule has 0 atom stereocenters. The predicted molar refractivity (Wildman–Crippen MR) is 98.7 cm³/mol. The van der Waals surface area contributed by atoms with Gasteiger partial charge in [-0.1, -0.05) is 29.3 Å². The third-order valence-corrected chi connectivity index (χ3v) is 5.87. The lowest BCUT2D eigenvalue weighted by Crippen LogP contribution is -2.25. The Morgan fingerprint density at radius 1 is 1.12 bits per heavy atom. The number of carbonyl (C=O) groups is 1. The number of benzene rings is 2. The van der Waals surface area contributed by atoms with Crippen LogP contribution in [0.15, 0.2) is 41.3 Å². The lowest BCUT2D eigenvalue weighted by Gasteiger charge is -2.13. The van der Waals surface area contributed by atoms with Crippen LogP contribution < -0.4 is 10.0 Å². The monoisotopic (exact) mass is 378 g/mol. The summed E-state index contributed by atoms with van der Waals surface area (Å²) in [6.45, 7) is 3.76. The molecule has 0 saturated heterocycles. The molecule has 0 aromatic heterocycles. The van der Waals surface area contributed by atoms with E-state index in [4.69, 9.17) is 11.6 Å². The van der Waals surface area contributed by atoms with Gasteiger partial charge in [0.15, 0.2) is 0 Å². The molecule has 2 aromatic carbocycles. The maximum Gasteiger partial charge on any atom is 0.263 e. The number of amides is 1. The van der Waals surface area contributed by atoms with Crippen LogP contribution in [0.25, 0.3) is 0 Å². The van der Waals surface area contributed by atoms with Gasteiger partial charge in [0.1, 0.15) is 4.90 Å². The van der Waals surface area contributed by atoms with Crippen LogP contribution in [0.5, 0.6) is 0 Å². The summed E-state index contributed by atoms with van der Waals surface area (Å²) in [5.74, 6) is -0.290. The van der Waals surface area contributed by atoms with Crippen LogP contribution in [-0.2, 0) is 10.0 Å². The number of anilines is 1. The third-order valence-electron chi connectivity index (χ3n) is 4.02. The summed E-state index contributed by atoms with van der Waals surface area (Å²) >= 11 is 6.08. The van der Waals surface area contributed by atoms with Crippen molar-refractivity contribution in [2.75, 3.05) is 4.72 Å². The Hall–Kier alpha value is -2.05. The molecule has 3 rings (SSSR count). The zero-order chi connectivity index (χ0) is 18.2. The van der Waals surface area contributed by atoms with E-state index in [9.17, 15) is 13.2 Å². The molecule has 0 spiro atoms. The SMILES string of the molecule is Cc1ccc(NS(=O)(=O)c2cc(C(=O)NC3CC3)ccc2Cl)c(C)c1. The number of carbonyl (C=O) groups excluding carboxylic acids is 1. The molecule has 1 aliphatic rings. The highest BCUT2D eigenvalue weighted by Gasteiger charge is 2.25. The maximum absolute atomic E-state index is 12.7. The molecule has 5 nitrogen and oxygen atoms in total. The first kappa shape index (κ1) is 17.8. The Labute approximate surface area is 152 Å². The van der Waals surface area contributed by atoms with Gasteiger partial charge in [0.2, 0.25) is 0 Å². The first-order valence-corrected chi connectivity index (χ1v) is 9.83. The highest BCUT2D eigenvalue weighted by Crippen LogP contribution is 2.27. The average Bonchev–Trinajstić information content (AvgIpc) is 3.34. The van der Waals surface area contributed by atoms with Crippen molar-refractivity contribution < 1.29 is 13.2 Å². The molecule has 1 fully saturated rings. The molecule has 0 radical (unpaired) electrons. The van der Waals surface area contributed by atoms with Gasteiger partial charge in [-0.25, -0.2) is 8.42 Å². The van der Waals surface area contributed by atoms with E-state index in [1.807, 2.05) is 26.0 Å². The second-order valence-electron chi connectivity index (χ2n) is 6.32. The van der Waals surface area contributed by atoms with Crippen molar-refractivity contribution in [3.05, 3.63) is 58.1 Å². The standard InChI is InChI=1S/C18H19ClN2O3S/c1-11-3-8-16(12(2)9-11)21-25(23,24)17-10-13(4-7-15(17)19)18(22)20-14-5-6-14/h3-4,7-10,14,21H,5-6H2,1-2H3,(H,20,22). The van der Waals surface area contributed by atoms with E-state index >= 15 is 0 Å². The summed E-state index contributed by atoms with van der Waals surface area (Å²) in [4.78, 5) is 12.1. The van der Waals surface area contributed by atoms with Crippen LogP contribution in [0.1, 0.15) is 34.3 Å². The Morgan fingerprint density at radius 3 is 2.48 bits per heavy atom. The molecule has 25 heavy (non-hydrogen) atoms. The molecule has 0 heterocycles. The topological polar surface area (TPSA) is 75.3 Å². The third kappa shape index (κ3) is 4.14. The van der Waals surface area contributed by atoms with E-state index in [0.717, 1.165) is 24.0 Å². The van der Waals surface area contributed by atoms with E-state index in [1.54, 1.807) is 6.07 Å². The van der Waals surface area contributed by atoms with E-state index in [0.29, 0.717) is 5.69 Å². The van der Waals surface area contributed by atoms with E-state index in [-0.39, 0.29) is 27.4 Å². The van der Waals surface area contributed by atoms with Crippen LogP contribution in [0, 0.1) is 13.8 Å². The zero-order valence-electron chi connectivity index (χ0n) is 14.0. The fourth-order valence-electron chi connectivity index (χ4n) is 2.47. The number of aryl methyl sites for hydroxylation is 2. The fourth-order valence-corrected chi connectivity index (χ4v) is 4.13.